The fraction of sp³-hybridized carbons (Fsp3) is 0.429. The Hall–Kier alpha value is -2.08. The first-order valence-corrected chi connectivity index (χ1v) is 6.83. The first-order chi connectivity index (χ1) is 9.66. The van der Waals surface area contributed by atoms with Gasteiger partial charge in [0.15, 0.2) is 0 Å². The van der Waals surface area contributed by atoms with Gasteiger partial charge in [0.1, 0.15) is 17.4 Å². The topological polar surface area (TPSA) is 69.2 Å². The zero-order valence-electron chi connectivity index (χ0n) is 11.6. The first-order valence-electron chi connectivity index (χ1n) is 6.83. The van der Waals surface area contributed by atoms with Gasteiger partial charge in [-0.1, -0.05) is 12.1 Å². The SMILES string of the molecule is CC1c2nn(C3COC3)nc2-c2cccc(N)c2N1C. The van der Waals surface area contributed by atoms with Gasteiger partial charge in [-0.25, -0.2) is 0 Å². The zero-order chi connectivity index (χ0) is 13.9. The van der Waals surface area contributed by atoms with Crippen LogP contribution in [0.1, 0.15) is 24.7 Å². The van der Waals surface area contributed by atoms with Gasteiger partial charge in [0.2, 0.25) is 0 Å². The molecule has 6 nitrogen and oxygen atoms in total. The summed E-state index contributed by atoms with van der Waals surface area (Å²) in [5.74, 6) is 0. The molecule has 4 rings (SSSR count). The van der Waals surface area contributed by atoms with E-state index in [0.29, 0.717) is 13.2 Å². The Balaban J connectivity index is 1.91. The molecule has 0 saturated carbocycles. The number of ether oxygens (including phenoxy) is 1. The van der Waals surface area contributed by atoms with Crippen molar-refractivity contribution in [3.05, 3.63) is 23.9 Å². The number of aromatic nitrogens is 3. The summed E-state index contributed by atoms with van der Waals surface area (Å²) in [5, 5.41) is 9.36. The molecular formula is C14H17N5O. The third kappa shape index (κ3) is 1.42. The van der Waals surface area contributed by atoms with E-state index in [9.17, 15) is 0 Å². The Bertz CT molecular complexity index is 676. The van der Waals surface area contributed by atoms with E-state index >= 15 is 0 Å². The predicted octanol–water partition coefficient (Wildman–Crippen LogP) is 1.61. The molecule has 1 aromatic carbocycles. The highest BCUT2D eigenvalue weighted by Gasteiger charge is 2.33. The molecule has 0 aliphatic carbocycles. The lowest BCUT2D eigenvalue weighted by Gasteiger charge is -2.33. The molecule has 20 heavy (non-hydrogen) atoms. The molecule has 1 aromatic heterocycles. The molecule has 0 bridgehead atoms. The van der Waals surface area contributed by atoms with Crippen LogP contribution in [0, 0.1) is 0 Å². The molecule has 2 aromatic rings. The summed E-state index contributed by atoms with van der Waals surface area (Å²) in [5.41, 5.74) is 11.0. The van der Waals surface area contributed by atoms with Crippen LogP contribution >= 0.6 is 0 Å². The van der Waals surface area contributed by atoms with Crippen molar-refractivity contribution in [2.75, 3.05) is 30.9 Å². The van der Waals surface area contributed by atoms with Gasteiger partial charge in [0.05, 0.1) is 30.6 Å². The summed E-state index contributed by atoms with van der Waals surface area (Å²) in [6.07, 6.45) is 0. The minimum absolute atomic E-state index is 0.164. The van der Waals surface area contributed by atoms with E-state index in [0.717, 1.165) is 28.3 Å². The molecule has 6 heteroatoms. The Morgan fingerprint density at radius 3 is 2.80 bits per heavy atom. The summed E-state index contributed by atoms with van der Waals surface area (Å²) in [7, 11) is 2.05. The lowest BCUT2D eigenvalue weighted by Crippen LogP contribution is -2.32. The standard InChI is InChI=1S/C14H17N5O/c1-8-12-13(17-19(16-12)9-6-20-7-9)10-4-3-5-11(15)14(10)18(8)2/h3-5,8-9H,6-7,15H2,1-2H3. The number of fused-ring (bicyclic) bond motifs is 3. The molecular weight excluding hydrogens is 254 g/mol. The third-order valence-electron chi connectivity index (χ3n) is 4.25. The van der Waals surface area contributed by atoms with Crippen LogP contribution in [0.15, 0.2) is 18.2 Å². The third-order valence-corrected chi connectivity index (χ3v) is 4.25. The number of anilines is 2. The Labute approximate surface area is 117 Å². The lowest BCUT2D eigenvalue weighted by atomic mass is 9.97. The maximum atomic E-state index is 6.14. The van der Waals surface area contributed by atoms with Crippen molar-refractivity contribution in [1.29, 1.82) is 0 Å². The molecule has 104 valence electrons. The highest BCUT2D eigenvalue weighted by atomic mass is 16.5. The van der Waals surface area contributed by atoms with Crippen LogP contribution in [0.3, 0.4) is 0 Å². The normalized spacial score (nSPS) is 21.3. The molecule has 0 amide bonds. The Morgan fingerprint density at radius 2 is 2.10 bits per heavy atom. The number of nitrogens with zero attached hydrogens (tertiary/aromatic N) is 4. The second-order valence-electron chi connectivity index (χ2n) is 5.48. The van der Waals surface area contributed by atoms with E-state index in [2.05, 4.69) is 28.1 Å². The molecule has 1 fully saturated rings. The van der Waals surface area contributed by atoms with Crippen LogP contribution < -0.4 is 10.6 Å². The predicted molar refractivity (Wildman–Crippen MR) is 76.5 cm³/mol. The zero-order valence-corrected chi connectivity index (χ0v) is 11.6. The average Bonchev–Trinajstić information content (AvgIpc) is 2.78. The lowest BCUT2D eigenvalue weighted by molar-refractivity contribution is -0.0349. The van der Waals surface area contributed by atoms with Gasteiger partial charge < -0.3 is 15.4 Å². The van der Waals surface area contributed by atoms with Crippen molar-refractivity contribution < 1.29 is 4.74 Å². The minimum Gasteiger partial charge on any atom is -0.397 e. The van der Waals surface area contributed by atoms with Crippen molar-refractivity contribution in [2.45, 2.75) is 19.0 Å². The first kappa shape index (κ1) is 11.7. The van der Waals surface area contributed by atoms with E-state index < -0.39 is 0 Å². The quantitative estimate of drug-likeness (QED) is 0.798. The van der Waals surface area contributed by atoms with Crippen molar-refractivity contribution in [1.82, 2.24) is 15.0 Å². The summed E-state index contributed by atoms with van der Waals surface area (Å²) < 4.78 is 5.23. The van der Waals surface area contributed by atoms with Crippen LogP contribution in [0.5, 0.6) is 0 Å². The van der Waals surface area contributed by atoms with Crippen LogP contribution in [-0.2, 0) is 4.74 Å². The maximum Gasteiger partial charge on any atom is 0.120 e. The van der Waals surface area contributed by atoms with Crippen LogP contribution in [-0.4, -0.2) is 35.3 Å². The van der Waals surface area contributed by atoms with E-state index in [4.69, 9.17) is 10.5 Å². The molecule has 2 aliphatic heterocycles. The molecule has 2 N–H and O–H groups in total. The van der Waals surface area contributed by atoms with Gasteiger partial charge in [0, 0.05) is 12.6 Å². The summed E-state index contributed by atoms with van der Waals surface area (Å²) in [6, 6.07) is 6.38. The van der Waals surface area contributed by atoms with E-state index in [1.807, 2.05) is 19.2 Å². The second kappa shape index (κ2) is 3.96. The molecule has 1 unspecified atom stereocenters. The van der Waals surface area contributed by atoms with Crippen molar-refractivity contribution in [3.63, 3.8) is 0 Å². The monoisotopic (exact) mass is 271 g/mol. The van der Waals surface area contributed by atoms with Crippen LogP contribution in [0.2, 0.25) is 0 Å². The highest BCUT2D eigenvalue weighted by Crippen LogP contribution is 2.45. The molecule has 2 aliphatic rings. The summed E-state index contributed by atoms with van der Waals surface area (Å²) >= 11 is 0. The van der Waals surface area contributed by atoms with Gasteiger partial charge in [-0.3, -0.25) is 0 Å². The smallest absolute Gasteiger partial charge is 0.120 e. The van der Waals surface area contributed by atoms with Gasteiger partial charge in [-0.15, -0.1) is 0 Å². The highest BCUT2D eigenvalue weighted by molar-refractivity contribution is 5.88. The molecule has 0 spiro atoms. The van der Waals surface area contributed by atoms with Crippen molar-refractivity contribution in [3.8, 4) is 11.3 Å². The van der Waals surface area contributed by atoms with E-state index in [1.165, 1.54) is 0 Å². The molecule has 0 radical (unpaired) electrons. The fourth-order valence-corrected chi connectivity index (χ4v) is 2.85. The largest absolute Gasteiger partial charge is 0.397 e. The van der Waals surface area contributed by atoms with Gasteiger partial charge in [-0.2, -0.15) is 15.0 Å². The molecule has 3 heterocycles. The number of para-hydroxylation sites is 1. The number of rotatable bonds is 1. The van der Waals surface area contributed by atoms with E-state index in [-0.39, 0.29) is 12.1 Å². The maximum absolute atomic E-state index is 6.14. The Kier molecular flexibility index (Phi) is 2.32. The number of nitrogen functional groups attached to an aromatic ring is 1. The second-order valence-corrected chi connectivity index (χ2v) is 5.48. The number of nitrogens with two attached hydrogens (primary N) is 1. The van der Waals surface area contributed by atoms with Crippen LogP contribution in [0.25, 0.3) is 11.3 Å². The number of hydrogen-bond donors (Lipinski definition) is 1. The summed E-state index contributed by atoms with van der Waals surface area (Å²) in [4.78, 5) is 3.97. The fourth-order valence-electron chi connectivity index (χ4n) is 2.85. The number of hydrogen-bond acceptors (Lipinski definition) is 5. The molecule has 1 atom stereocenters. The molecule has 1 saturated heterocycles. The van der Waals surface area contributed by atoms with Gasteiger partial charge in [-0.05, 0) is 13.0 Å². The number of benzene rings is 1. The van der Waals surface area contributed by atoms with E-state index in [1.54, 1.807) is 4.80 Å². The average molecular weight is 271 g/mol. The van der Waals surface area contributed by atoms with Gasteiger partial charge >= 0.3 is 0 Å². The summed E-state index contributed by atoms with van der Waals surface area (Å²) in [6.45, 7) is 3.52. The minimum atomic E-state index is 0.164. The van der Waals surface area contributed by atoms with Crippen molar-refractivity contribution in [2.24, 2.45) is 0 Å². The van der Waals surface area contributed by atoms with Crippen molar-refractivity contribution >= 4 is 11.4 Å². The Morgan fingerprint density at radius 1 is 1.30 bits per heavy atom. The van der Waals surface area contributed by atoms with Gasteiger partial charge in [0.25, 0.3) is 0 Å². The van der Waals surface area contributed by atoms with Crippen LogP contribution in [0.4, 0.5) is 11.4 Å².